The number of nitrogens with one attached hydrogen (secondary N) is 2. The average molecular weight is 275 g/mol. The van der Waals surface area contributed by atoms with Crippen LogP contribution in [0.15, 0.2) is 17.3 Å². The van der Waals surface area contributed by atoms with Gasteiger partial charge in [0.05, 0.1) is 18.6 Å². The Morgan fingerprint density at radius 3 is 2.75 bits per heavy atom. The van der Waals surface area contributed by atoms with Gasteiger partial charge in [-0.1, -0.05) is 0 Å². The predicted molar refractivity (Wildman–Crippen MR) is 73.6 cm³/mol. The lowest BCUT2D eigenvalue weighted by atomic mass is 10.2. The second-order valence-electron chi connectivity index (χ2n) is 4.57. The highest BCUT2D eigenvalue weighted by atomic mass is 16.2. The molecule has 2 aromatic rings. The fourth-order valence-corrected chi connectivity index (χ4v) is 1.88. The molecular weight excluding hydrogens is 258 g/mol. The highest BCUT2D eigenvalue weighted by Crippen LogP contribution is 2.10. The maximum absolute atomic E-state index is 11.8. The van der Waals surface area contributed by atoms with Crippen molar-refractivity contribution in [2.24, 2.45) is 0 Å². The fraction of sp³-hybridized carbons (Fsp3) is 0.385. The van der Waals surface area contributed by atoms with Gasteiger partial charge in [-0.05, 0) is 26.3 Å². The monoisotopic (exact) mass is 275 g/mol. The van der Waals surface area contributed by atoms with Crippen LogP contribution in [0, 0.1) is 20.8 Å². The molecule has 2 N–H and O–H groups in total. The van der Waals surface area contributed by atoms with E-state index in [1.54, 1.807) is 0 Å². The van der Waals surface area contributed by atoms with Crippen LogP contribution in [0.2, 0.25) is 0 Å². The molecule has 0 bridgehead atoms. The molecule has 106 valence electrons. The van der Waals surface area contributed by atoms with Crippen molar-refractivity contribution in [3.8, 4) is 0 Å². The lowest BCUT2D eigenvalue weighted by Gasteiger charge is -2.06. The van der Waals surface area contributed by atoms with Crippen LogP contribution in [0.25, 0.3) is 0 Å². The third-order valence-electron chi connectivity index (χ3n) is 3.32. The van der Waals surface area contributed by atoms with E-state index in [0.717, 1.165) is 17.0 Å². The molecule has 0 unspecified atom stereocenters. The average Bonchev–Trinajstić information content (AvgIpc) is 2.67. The molecule has 2 rings (SSSR count). The van der Waals surface area contributed by atoms with E-state index in [4.69, 9.17) is 0 Å². The van der Waals surface area contributed by atoms with Gasteiger partial charge < -0.3 is 10.3 Å². The Bertz CT molecular complexity index is 686. The highest BCUT2D eigenvalue weighted by Gasteiger charge is 2.11. The molecule has 0 aliphatic rings. The van der Waals surface area contributed by atoms with E-state index < -0.39 is 11.5 Å². The number of aromatic amines is 1. The van der Waals surface area contributed by atoms with E-state index in [1.165, 1.54) is 12.5 Å². The molecular formula is C13H17N5O2. The summed E-state index contributed by atoms with van der Waals surface area (Å²) < 4.78 is 1.85. The predicted octanol–water partition coefficient (Wildman–Crippen LogP) is 0.322. The first kappa shape index (κ1) is 14.0. The number of rotatable bonds is 4. The molecule has 0 spiro atoms. The topological polar surface area (TPSA) is 92.7 Å². The van der Waals surface area contributed by atoms with E-state index in [2.05, 4.69) is 20.4 Å². The van der Waals surface area contributed by atoms with Crippen LogP contribution in [0.4, 0.5) is 0 Å². The Balaban J connectivity index is 1.96. The van der Waals surface area contributed by atoms with Crippen molar-refractivity contribution >= 4 is 5.91 Å². The second-order valence-corrected chi connectivity index (χ2v) is 4.57. The molecule has 7 heteroatoms. The van der Waals surface area contributed by atoms with Gasteiger partial charge >= 0.3 is 0 Å². The smallest absolute Gasteiger partial charge is 0.263 e. The van der Waals surface area contributed by atoms with Crippen LogP contribution in [-0.2, 0) is 6.54 Å². The molecule has 0 saturated carbocycles. The summed E-state index contributed by atoms with van der Waals surface area (Å²) in [5, 5.41) is 7.07. The Kier molecular flexibility index (Phi) is 3.97. The van der Waals surface area contributed by atoms with Crippen LogP contribution in [0.3, 0.4) is 0 Å². The van der Waals surface area contributed by atoms with Crippen molar-refractivity contribution in [2.45, 2.75) is 27.3 Å². The molecule has 0 radical (unpaired) electrons. The normalized spacial score (nSPS) is 10.6. The Morgan fingerprint density at radius 1 is 1.40 bits per heavy atom. The summed E-state index contributed by atoms with van der Waals surface area (Å²) >= 11 is 0. The largest absolute Gasteiger partial charge is 0.350 e. The summed E-state index contributed by atoms with van der Waals surface area (Å²) in [6.07, 6.45) is 2.50. The number of carbonyl (C=O) groups is 1. The minimum absolute atomic E-state index is 0.0112. The number of carbonyl (C=O) groups excluding carboxylic acids is 1. The van der Waals surface area contributed by atoms with E-state index in [0.29, 0.717) is 13.1 Å². The molecule has 0 aromatic carbocycles. The van der Waals surface area contributed by atoms with Gasteiger partial charge in [0.2, 0.25) is 0 Å². The zero-order chi connectivity index (χ0) is 14.7. The second kappa shape index (κ2) is 5.68. The first-order chi connectivity index (χ1) is 9.50. The Labute approximate surface area is 116 Å². The number of nitrogens with zero attached hydrogens (tertiary/aromatic N) is 3. The van der Waals surface area contributed by atoms with Crippen molar-refractivity contribution in [2.75, 3.05) is 6.54 Å². The summed E-state index contributed by atoms with van der Waals surface area (Å²) in [5.41, 5.74) is 2.78. The van der Waals surface area contributed by atoms with Crippen LogP contribution in [0.5, 0.6) is 0 Å². The molecule has 20 heavy (non-hydrogen) atoms. The lowest BCUT2D eigenvalue weighted by Crippen LogP contribution is -2.32. The maximum Gasteiger partial charge on any atom is 0.263 e. The quantitative estimate of drug-likeness (QED) is 0.840. The van der Waals surface area contributed by atoms with E-state index in [1.807, 2.05) is 25.5 Å². The number of amides is 1. The number of hydrogen-bond donors (Lipinski definition) is 2. The van der Waals surface area contributed by atoms with Crippen molar-refractivity contribution in [3.05, 3.63) is 45.4 Å². The molecule has 2 aromatic heterocycles. The summed E-state index contributed by atoms with van der Waals surface area (Å²) in [5.74, 6) is -0.433. The zero-order valence-electron chi connectivity index (χ0n) is 11.7. The van der Waals surface area contributed by atoms with Gasteiger partial charge in [-0.2, -0.15) is 5.10 Å². The number of aromatic nitrogens is 4. The molecule has 1 amide bonds. The SMILES string of the molecule is Cc1nn(CCNC(=O)c2cnc[nH]c2=O)c(C)c1C. The van der Waals surface area contributed by atoms with E-state index in [-0.39, 0.29) is 5.56 Å². The Morgan fingerprint density at radius 2 is 2.15 bits per heavy atom. The zero-order valence-corrected chi connectivity index (χ0v) is 11.7. The van der Waals surface area contributed by atoms with Gasteiger partial charge in [0.25, 0.3) is 11.5 Å². The van der Waals surface area contributed by atoms with Crippen LogP contribution in [0.1, 0.15) is 27.3 Å². The molecule has 2 heterocycles. The first-order valence-electron chi connectivity index (χ1n) is 6.32. The number of aryl methyl sites for hydroxylation is 1. The third-order valence-corrected chi connectivity index (χ3v) is 3.32. The Hall–Kier alpha value is -2.44. The van der Waals surface area contributed by atoms with Crippen LogP contribution >= 0.6 is 0 Å². The molecule has 7 nitrogen and oxygen atoms in total. The molecule has 0 aliphatic carbocycles. The van der Waals surface area contributed by atoms with Gasteiger partial charge in [0.1, 0.15) is 5.56 Å². The molecule has 0 atom stereocenters. The van der Waals surface area contributed by atoms with Gasteiger partial charge in [0, 0.05) is 18.4 Å². The summed E-state index contributed by atoms with van der Waals surface area (Å²) in [6, 6.07) is 0. The highest BCUT2D eigenvalue weighted by molar-refractivity contribution is 5.93. The third kappa shape index (κ3) is 2.76. The molecule has 0 saturated heterocycles. The number of hydrogen-bond acceptors (Lipinski definition) is 4. The number of H-pyrrole nitrogens is 1. The summed E-state index contributed by atoms with van der Waals surface area (Å²) in [7, 11) is 0. The van der Waals surface area contributed by atoms with Gasteiger partial charge in [-0.15, -0.1) is 0 Å². The minimum atomic E-state index is -0.445. The summed E-state index contributed by atoms with van der Waals surface area (Å²) in [4.78, 5) is 29.3. The van der Waals surface area contributed by atoms with Gasteiger partial charge in [-0.3, -0.25) is 14.3 Å². The lowest BCUT2D eigenvalue weighted by molar-refractivity contribution is 0.0950. The van der Waals surface area contributed by atoms with Gasteiger partial charge in [0.15, 0.2) is 0 Å². The van der Waals surface area contributed by atoms with E-state index >= 15 is 0 Å². The van der Waals surface area contributed by atoms with Crippen molar-refractivity contribution in [3.63, 3.8) is 0 Å². The minimum Gasteiger partial charge on any atom is -0.350 e. The van der Waals surface area contributed by atoms with Gasteiger partial charge in [-0.25, -0.2) is 4.98 Å². The standard InChI is InChI=1S/C13H17N5O2/c1-8-9(2)17-18(10(8)3)5-4-15-12(19)11-6-14-7-16-13(11)20/h6-7H,4-5H2,1-3H3,(H,15,19)(H,14,16,20). The summed E-state index contributed by atoms with van der Waals surface area (Å²) in [6.45, 7) is 6.91. The van der Waals surface area contributed by atoms with E-state index in [9.17, 15) is 9.59 Å². The van der Waals surface area contributed by atoms with Crippen LogP contribution < -0.4 is 10.9 Å². The molecule has 0 fully saturated rings. The van der Waals surface area contributed by atoms with Crippen molar-refractivity contribution < 1.29 is 4.79 Å². The first-order valence-corrected chi connectivity index (χ1v) is 6.32. The van der Waals surface area contributed by atoms with Crippen LogP contribution in [-0.4, -0.2) is 32.2 Å². The fourth-order valence-electron chi connectivity index (χ4n) is 1.88. The van der Waals surface area contributed by atoms with Crippen molar-refractivity contribution in [1.29, 1.82) is 0 Å². The molecule has 0 aliphatic heterocycles. The maximum atomic E-state index is 11.8. The van der Waals surface area contributed by atoms with Crippen molar-refractivity contribution in [1.82, 2.24) is 25.1 Å².